The normalized spacial score (nSPS) is 10.6. The molecule has 4 aromatic rings. The van der Waals surface area contributed by atoms with E-state index in [1.807, 2.05) is 6.92 Å². The molecule has 0 saturated heterocycles. The molecule has 178 valence electrons. The lowest BCUT2D eigenvalue weighted by Crippen LogP contribution is -2.36. The molecule has 3 amide bonds. The molecule has 0 spiro atoms. The number of nitrogens with zero attached hydrogens (tertiary/aromatic N) is 1. The number of ether oxygens (including phenoxy) is 1. The highest BCUT2D eigenvalue weighted by Gasteiger charge is 2.23. The number of hydrogen-bond acceptors (Lipinski definition) is 4. The second-order valence-electron chi connectivity index (χ2n) is 7.58. The molecule has 1 heterocycles. The van der Waals surface area contributed by atoms with Crippen LogP contribution in [-0.4, -0.2) is 29.5 Å². The van der Waals surface area contributed by atoms with Crippen LogP contribution in [0.25, 0.3) is 10.9 Å². The van der Waals surface area contributed by atoms with E-state index in [9.17, 15) is 14.4 Å². The topological polar surface area (TPSA) is 101 Å². The Labute approximate surface area is 210 Å². The molecule has 10 heteroatoms. The van der Waals surface area contributed by atoms with Crippen LogP contribution in [0.5, 0.6) is 5.75 Å². The van der Waals surface area contributed by atoms with E-state index in [2.05, 4.69) is 16.1 Å². The molecule has 0 atom stereocenters. The van der Waals surface area contributed by atoms with Crippen molar-refractivity contribution in [3.8, 4) is 5.75 Å². The van der Waals surface area contributed by atoms with E-state index in [1.165, 1.54) is 11.8 Å². The molecular weight excluding hydrogens is 491 g/mol. The summed E-state index contributed by atoms with van der Waals surface area (Å²) >= 11 is 12.0. The number of hydrogen-bond donors (Lipinski definition) is 3. The number of benzene rings is 3. The SMILES string of the molecule is COc1cccc2cc(C(=O)Nc3ccc(Cl)cc3)n(NC(=O)C(=O)Nc3ccc(C)c(Cl)c3)c12. The number of methoxy groups -OCH3 is 1. The van der Waals surface area contributed by atoms with Gasteiger partial charge in [-0.25, -0.2) is 4.68 Å². The van der Waals surface area contributed by atoms with Crippen molar-refractivity contribution in [1.29, 1.82) is 0 Å². The summed E-state index contributed by atoms with van der Waals surface area (Å²) < 4.78 is 6.65. The Kier molecular flexibility index (Phi) is 6.95. The number of halogens is 2. The zero-order chi connectivity index (χ0) is 25.1. The molecule has 3 aromatic carbocycles. The molecular formula is C25H20Cl2N4O4. The summed E-state index contributed by atoms with van der Waals surface area (Å²) in [6.45, 7) is 1.82. The Balaban J connectivity index is 1.65. The maximum absolute atomic E-state index is 13.1. The molecule has 0 bridgehead atoms. The molecule has 0 saturated carbocycles. The molecule has 0 radical (unpaired) electrons. The van der Waals surface area contributed by atoms with Crippen LogP contribution in [0.3, 0.4) is 0 Å². The first-order chi connectivity index (χ1) is 16.8. The van der Waals surface area contributed by atoms with Gasteiger partial charge in [0.15, 0.2) is 0 Å². The van der Waals surface area contributed by atoms with Crippen molar-refractivity contribution in [2.45, 2.75) is 6.92 Å². The van der Waals surface area contributed by atoms with Gasteiger partial charge in [-0.05, 0) is 61.0 Å². The maximum Gasteiger partial charge on any atom is 0.328 e. The molecule has 3 N–H and O–H groups in total. The first-order valence-corrected chi connectivity index (χ1v) is 11.2. The minimum atomic E-state index is -0.995. The molecule has 0 aliphatic heterocycles. The molecule has 0 unspecified atom stereocenters. The number of nitrogens with one attached hydrogen (secondary N) is 3. The number of para-hydroxylation sites is 1. The van der Waals surface area contributed by atoms with Crippen molar-refractivity contribution in [3.63, 3.8) is 0 Å². The summed E-state index contributed by atoms with van der Waals surface area (Å²) in [4.78, 5) is 38.6. The predicted octanol–water partition coefficient (Wildman–Crippen LogP) is 5.23. The number of aromatic nitrogens is 1. The highest BCUT2D eigenvalue weighted by Crippen LogP contribution is 2.29. The molecule has 0 fully saturated rings. The van der Waals surface area contributed by atoms with Crippen molar-refractivity contribution < 1.29 is 19.1 Å². The van der Waals surface area contributed by atoms with Gasteiger partial charge in [-0.1, -0.05) is 41.4 Å². The zero-order valence-corrected chi connectivity index (χ0v) is 20.2. The number of rotatable bonds is 5. The fourth-order valence-electron chi connectivity index (χ4n) is 3.41. The molecule has 0 aliphatic rings. The van der Waals surface area contributed by atoms with Crippen LogP contribution in [0.15, 0.2) is 66.7 Å². The van der Waals surface area contributed by atoms with Gasteiger partial charge in [-0.2, -0.15) is 0 Å². The second kappa shape index (κ2) is 10.1. The zero-order valence-electron chi connectivity index (χ0n) is 18.7. The average molecular weight is 511 g/mol. The molecule has 4 rings (SSSR count). The summed E-state index contributed by atoms with van der Waals surface area (Å²) in [6, 6.07) is 18.2. The third kappa shape index (κ3) is 5.24. The maximum atomic E-state index is 13.1. The van der Waals surface area contributed by atoms with E-state index in [0.717, 1.165) is 5.56 Å². The first-order valence-electron chi connectivity index (χ1n) is 10.4. The highest BCUT2D eigenvalue weighted by atomic mass is 35.5. The minimum absolute atomic E-state index is 0.0824. The van der Waals surface area contributed by atoms with Gasteiger partial charge in [0, 0.05) is 26.8 Å². The van der Waals surface area contributed by atoms with Crippen LogP contribution in [0, 0.1) is 6.92 Å². The van der Waals surface area contributed by atoms with Gasteiger partial charge in [-0.3, -0.25) is 19.8 Å². The van der Waals surface area contributed by atoms with Gasteiger partial charge >= 0.3 is 11.8 Å². The van der Waals surface area contributed by atoms with Gasteiger partial charge < -0.3 is 15.4 Å². The van der Waals surface area contributed by atoms with Crippen molar-refractivity contribution >= 4 is 63.2 Å². The molecule has 1 aromatic heterocycles. The van der Waals surface area contributed by atoms with Crippen molar-refractivity contribution in [2.24, 2.45) is 0 Å². The van der Waals surface area contributed by atoms with E-state index >= 15 is 0 Å². The van der Waals surface area contributed by atoms with Crippen molar-refractivity contribution in [2.75, 3.05) is 23.2 Å². The van der Waals surface area contributed by atoms with Crippen LogP contribution in [0.2, 0.25) is 10.0 Å². The van der Waals surface area contributed by atoms with E-state index in [4.69, 9.17) is 27.9 Å². The standard InChI is InChI=1S/C25H20Cl2N4O4/c1-14-6-9-18(13-19(14)27)29-24(33)25(34)30-31-20(12-15-4-3-5-21(35-2)22(15)31)23(32)28-17-10-7-16(26)8-11-17/h3-13H,1-2H3,(H,28,32)(H,29,33)(H,30,34). The van der Waals surface area contributed by atoms with Gasteiger partial charge in [-0.15, -0.1) is 0 Å². The number of amides is 3. The first kappa shape index (κ1) is 24.1. The highest BCUT2D eigenvalue weighted by molar-refractivity contribution is 6.42. The second-order valence-corrected chi connectivity index (χ2v) is 8.43. The number of carbonyl (C=O) groups is 3. The Bertz CT molecular complexity index is 1450. The lowest BCUT2D eigenvalue weighted by Gasteiger charge is -2.14. The lowest BCUT2D eigenvalue weighted by molar-refractivity contribution is -0.133. The number of carbonyl (C=O) groups excluding carboxylic acids is 3. The Hall–Kier alpha value is -4.01. The summed E-state index contributed by atoms with van der Waals surface area (Å²) in [7, 11) is 1.47. The fraction of sp³-hybridized carbons (Fsp3) is 0.0800. The predicted molar refractivity (Wildman–Crippen MR) is 137 cm³/mol. The third-order valence-electron chi connectivity index (χ3n) is 5.19. The van der Waals surface area contributed by atoms with E-state index in [-0.39, 0.29) is 5.69 Å². The van der Waals surface area contributed by atoms with E-state index in [0.29, 0.717) is 38.1 Å². The summed E-state index contributed by atoms with van der Waals surface area (Å²) in [5.41, 5.74) is 4.69. The number of fused-ring (bicyclic) bond motifs is 1. The van der Waals surface area contributed by atoms with Gasteiger partial charge in [0.2, 0.25) is 0 Å². The molecule has 35 heavy (non-hydrogen) atoms. The molecule has 0 aliphatic carbocycles. The third-order valence-corrected chi connectivity index (χ3v) is 5.85. The molecule has 8 nitrogen and oxygen atoms in total. The number of anilines is 2. The summed E-state index contributed by atoms with van der Waals surface area (Å²) in [5.74, 6) is -2.05. The van der Waals surface area contributed by atoms with Crippen molar-refractivity contribution in [1.82, 2.24) is 4.68 Å². The van der Waals surface area contributed by atoms with Gasteiger partial charge in [0.1, 0.15) is 17.0 Å². The van der Waals surface area contributed by atoms with Crippen LogP contribution < -0.4 is 20.8 Å². The lowest BCUT2D eigenvalue weighted by atomic mass is 10.2. The fourth-order valence-corrected chi connectivity index (χ4v) is 3.72. The smallest absolute Gasteiger partial charge is 0.328 e. The minimum Gasteiger partial charge on any atom is -0.494 e. The van der Waals surface area contributed by atoms with Gasteiger partial charge in [0.25, 0.3) is 5.91 Å². The van der Waals surface area contributed by atoms with Crippen LogP contribution >= 0.6 is 23.2 Å². The number of aryl methyl sites for hydroxylation is 1. The average Bonchev–Trinajstić information content (AvgIpc) is 3.21. The largest absolute Gasteiger partial charge is 0.494 e. The van der Waals surface area contributed by atoms with Crippen molar-refractivity contribution in [3.05, 3.63) is 88.0 Å². The quantitative estimate of drug-likeness (QED) is 0.320. The van der Waals surface area contributed by atoms with Gasteiger partial charge in [0.05, 0.1) is 7.11 Å². The Morgan fingerprint density at radius 2 is 1.57 bits per heavy atom. The van der Waals surface area contributed by atoms with E-state index < -0.39 is 17.7 Å². The van der Waals surface area contributed by atoms with Crippen LogP contribution in [0.1, 0.15) is 16.1 Å². The summed E-state index contributed by atoms with van der Waals surface area (Å²) in [6.07, 6.45) is 0. The monoisotopic (exact) mass is 510 g/mol. The summed E-state index contributed by atoms with van der Waals surface area (Å²) in [5, 5.41) is 6.85. The van der Waals surface area contributed by atoms with Crippen LogP contribution in [0.4, 0.5) is 11.4 Å². The van der Waals surface area contributed by atoms with E-state index in [1.54, 1.807) is 66.7 Å². The Morgan fingerprint density at radius 3 is 2.26 bits per heavy atom. The van der Waals surface area contributed by atoms with Crippen LogP contribution in [-0.2, 0) is 9.59 Å². The Morgan fingerprint density at radius 1 is 0.857 bits per heavy atom.